The van der Waals surface area contributed by atoms with Crippen LogP contribution in [0.5, 0.6) is 0 Å². The van der Waals surface area contributed by atoms with Gasteiger partial charge in [0, 0.05) is 23.2 Å². The first-order chi connectivity index (χ1) is 6.86. The number of hydrogen-bond donors (Lipinski definition) is 1. The Labute approximate surface area is 94.2 Å². The van der Waals surface area contributed by atoms with Crippen LogP contribution in [0, 0.1) is 0 Å². The van der Waals surface area contributed by atoms with Gasteiger partial charge in [0.15, 0.2) is 0 Å². The van der Waals surface area contributed by atoms with E-state index in [0.717, 1.165) is 23.4 Å². The molecule has 3 heteroatoms. The Balaban J connectivity index is 1.71. The van der Waals surface area contributed by atoms with Crippen LogP contribution in [0.4, 0.5) is 0 Å². The fourth-order valence-electron chi connectivity index (χ4n) is 1.27. The van der Waals surface area contributed by atoms with Gasteiger partial charge in [0.25, 0.3) is 0 Å². The number of rotatable bonds is 5. The van der Waals surface area contributed by atoms with Crippen LogP contribution >= 0.6 is 23.4 Å². The predicted molar refractivity (Wildman–Crippen MR) is 63.2 cm³/mol. The average Bonchev–Trinajstić information content (AvgIpc) is 2.99. The van der Waals surface area contributed by atoms with E-state index in [1.165, 1.54) is 17.7 Å². The van der Waals surface area contributed by atoms with Crippen LogP contribution in [-0.4, -0.2) is 18.3 Å². The maximum absolute atomic E-state index is 6.04. The molecule has 1 aliphatic carbocycles. The Kier molecular flexibility index (Phi) is 3.74. The van der Waals surface area contributed by atoms with Crippen molar-refractivity contribution < 1.29 is 0 Å². The van der Waals surface area contributed by atoms with Crippen LogP contribution in [0.3, 0.4) is 0 Å². The van der Waals surface area contributed by atoms with Crippen molar-refractivity contribution in [3.8, 4) is 0 Å². The average molecular weight is 228 g/mol. The van der Waals surface area contributed by atoms with Crippen molar-refractivity contribution in [1.29, 1.82) is 0 Å². The first kappa shape index (κ1) is 10.3. The summed E-state index contributed by atoms with van der Waals surface area (Å²) in [5, 5.41) is 4.35. The number of thioether (sulfide) groups is 1. The molecule has 0 spiro atoms. The molecule has 76 valence electrons. The van der Waals surface area contributed by atoms with E-state index in [2.05, 4.69) is 11.4 Å². The second-order valence-corrected chi connectivity index (χ2v) is 5.05. The van der Waals surface area contributed by atoms with Crippen LogP contribution in [0.2, 0.25) is 5.02 Å². The second kappa shape index (κ2) is 5.06. The molecule has 1 aromatic rings. The molecule has 2 rings (SSSR count). The van der Waals surface area contributed by atoms with E-state index >= 15 is 0 Å². The van der Waals surface area contributed by atoms with E-state index in [9.17, 15) is 0 Å². The summed E-state index contributed by atoms with van der Waals surface area (Å²) in [5.74, 6) is 1.10. The summed E-state index contributed by atoms with van der Waals surface area (Å²) in [6, 6.07) is 8.82. The van der Waals surface area contributed by atoms with Gasteiger partial charge >= 0.3 is 0 Å². The fraction of sp³-hybridized carbons (Fsp3) is 0.455. The van der Waals surface area contributed by atoms with Crippen molar-refractivity contribution >= 4 is 23.4 Å². The summed E-state index contributed by atoms with van der Waals surface area (Å²) in [6.45, 7) is 1.08. The maximum Gasteiger partial charge on any atom is 0.0541 e. The summed E-state index contributed by atoms with van der Waals surface area (Å²) in [7, 11) is 0. The van der Waals surface area contributed by atoms with Crippen molar-refractivity contribution in [3.05, 3.63) is 29.3 Å². The zero-order valence-corrected chi connectivity index (χ0v) is 9.57. The number of benzene rings is 1. The summed E-state index contributed by atoms with van der Waals surface area (Å²) in [6.07, 6.45) is 2.72. The third-order valence-corrected chi connectivity index (χ3v) is 3.72. The van der Waals surface area contributed by atoms with Crippen LogP contribution < -0.4 is 5.32 Å². The van der Waals surface area contributed by atoms with Crippen molar-refractivity contribution in [3.63, 3.8) is 0 Å². The van der Waals surface area contributed by atoms with Gasteiger partial charge in [0.2, 0.25) is 0 Å². The Morgan fingerprint density at radius 2 is 2.14 bits per heavy atom. The van der Waals surface area contributed by atoms with Gasteiger partial charge in [0.1, 0.15) is 0 Å². The first-order valence-corrected chi connectivity index (χ1v) is 6.33. The number of nitrogens with one attached hydrogen (secondary N) is 1. The van der Waals surface area contributed by atoms with Gasteiger partial charge in [-0.25, -0.2) is 0 Å². The molecule has 0 aromatic heterocycles. The van der Waals surface area contributed by atoms with Gasteiger partial charge in [-0.1, -0.05) is 23.7 Å². The minimum atomic E-state index is 0.807. The maximum atomic E-state index is 6.04. The highest BCUT2D eigenvalue weighted by molar-refractivity contribution is 7.99. The molecule has 0 heterocycles. The molecule has 0 atom stereocenters. The lowest BCUT2D eigenvalue weighted by Crippen LogP contribution is -2.19. The Hall–Kier alpha value is -0.180. The highest BCUT2D eigenvalue weighted by Gasteiger charge is 2.19. The summed E-state index contributed by atoms with van der Waals surface area (Å²) in [4.78, 5) is 1.19. The third kappa shape index (κ3) is 3.19. The largest absolute Gasteiger partial charge is 0.313 e. The smallest absolute Gasteiger partial charge is 0.0541 e. The van der Waals surface area contributed by atoms with Gasteiger partial charge in [-0.3, -0.25) is 0 Å². The van der Waals surface area contributed by atoms with Gasteiger partial charge in [-0.2, -0.15) is 0 Å². The minimum absolute atomic E-state index is 0.807. The Morgan fingerprint density at radius 1 is 1.36 bits per heavy atom. The highest BCUT2D eigenvalue weighted by Crippen LogP contribution is 2.26. The second-order valence-electron chi connectivity index (χ2n) is 3.51. The molecule has 0 unspecified atom stereocenters. The zero-order valence-electron chi connectivity index (χ0n) is 8.00. The molecule has 1 nitrogen and oxygen atoms in total. The van der Waals surface area contributed by atoms with Crippen molar-refractivity contribution in [1.82, 2.24) is 5.32 Å². The summed E-state index contributed by atoms with van der Waals surface area (Å²) < 4.78 is 0. The third-order valence-electron chi connectivity index (χ3n) is 2.21. The van der Waals surface area contributed by atoms with E-state index in [-0.39, 0.29) is 0 Å². The number of hydrogen-bond acceptors (Lipinski definition) is 2. The van der Waals surface area contributed by atoms with E-state index < -0.39 is 0 Å². The SMILES string of the molecule is Clc1ccccc1SCCNC1CC1. The molecule has 0 aliphatic heterocycles. The normalized spacial score (nSPS) is 15.8. The van der Waals surface area contributed by atoms with Gasteiger partial charge in [-0.05, 0) is 25.0 Å². The molecular weight excluding hydrogens is 214 g/mol. The quantitative estimate of drug-likeness (QED) is 0.613. The highest BCUT2D eigenvalue weighted by atomic mass is 35.5. The molecule has 0 saturated heterocycles. The van der Waals surface area contributed by atoms with E-state index in [1.54, 1.807) is 0 Å². The summed E-state index contributed by atoms with van der Waals surface area (Å²) in [5.41, 5.74) is 0. The van der Waals surface area contributed by atoms with Gasteiger partial charge in [0.05, 0.1) is 5.02 Å². The summed E-state index contributed by atoms with van der Waals surface area (Å²) >= 11 is 7.86. The van der Waals surface area contributed by atoms with Crippen molar-refractivity contribution in [2.45, 2.75) is 23.8 Å². The molecule has 1 aromatic carbocycles. The lowest BCUT2D eigenvalue weighted by molar-refractivity contribution is 0.726. The lowest BCUT2D eigenvalue weighted by Gasteiger charge is -2.04. The van der Waals surface area contributed by atoms with Crippen LogP contribution in [0.1, 0.15) is 12.8 Å². The van der Waals surface area contributed by atoms with Gasteiger partial charge in [-0.15, -0.1) is 11.8 Å². The zero-order chi connectivity index (χ0) is 9.80. The van der Waals surface area contributed by atoms with Crippen LogP contribution in [0.25, 0.3) is 0 Å². The predicted octanol–water partition coefficient (Wildman–Crippen LogP) is 3.18. The van der Waals surface area contributed by atoms with E-state index in [4.69, 9.17) is 11.6 Å². The topological polar surface area (TPSA) is 12.0 Å². The molecule has 0 bridgehead atoms. The van der Waals surface area contributed by atoms with Crippen LogP contribution in [0.15, 0.2) is 29.2 Å². The number of halogens is 1. The molecule has 1 fully saturated rings. The van der Waals surface area contributed by atoms with Crippen molar-refractivity contribution in [2.75, 3.05) is 12.3 Å². The van der Waals surface area contributed by atoms with Crippen LogP contribution in [-0.2, 0) is 0 Å². The van der Waals surface area contributed by atoms with E-state index in [1.807, 2.05) is 30.0 Å². The molecule has 1 saturated carbocycles. The molecule has 1 N–H and O–H groups in total. The minimum Gasteiger partial charge on any atom is -0.313 e. The lowest BCUT2D eigenvalue weighted by atomic mass is 10.4. The molecule has 0 amide bonds. The Morgan fingerprint density at radius 3 is 2.86 bits per heavy atom. The standard InChI is InChI=1S/C11H14ClNS/c12-10-3-1-2-4-11(10)14-8-7-13-9-5-6-9/h1-4,9,13H,5-8H2. The van der Waals surface area contributed by atoms with Crippen molar-refractivity contribution in [2.24, 2.45) is 0 Å². The monoisotopic (exact) mass is 227 g/mol. The molecular formula is C11H14ClNS. The molecule has 14 heavy (non-hydrogen) atoms. The van der Waals surface area contributed by atoms with E-state index in [0.29, 0.717) is 0 Å². The Bertz CT molecular complexity index is 299. The first-order valence-electron chi connectivity index (χ1n) is 4.97. The fourth-order valence-corrected chi connectivity index (χ4v) is 2.39. The molecule has 0 radical (unpaired) electrons. The van der Waals surface area contributed by atoms with Gasteiger partial charge < -0.3 is 5.32 Å². The molecule has 1 aliphatic rings.